The molecule has 0 atom stereocenters. The second-order valence-corrected chi connectivity index (χ2v) is 3.76. The zero-order chi connectivity index (χ0) is 13.7. The van der Waals surface area contributed by atoms with Gasteiger partial charge in [0, 0.05) is 12.0 Å². The minimum absolute atomic E-state index is 0.303. The number of aromatic nitrogens is 2. The summed E-state index contributed by atoms with van der Waals surface area (Å²) in [4.78, 5) is 19.3. The fourth-order valence-electron chi connectivity index (χ4n) is 1.42. The summed E-state index contributed by atoms with van der Waals surface area (Å²) in [5, 5.41) is 8.71. The number of hydrogen-bond acceptors (Lipinski definition) is 5. The van der Waals surface area contributed by atoms with Gasteiger partial charge in [-0.15, -0.1) is 0 Å². The first-order valence-corrected chi connectivity index (χ1v) is 5.76. The maximum Gasteiger partial charge on any atom is 0.311 e. The highest BCUT2D eigenvalue weighted by Gasteiger charge is 2.05. The zero-order valence-electron chi connectivity index (χ0n) is 10.3. The molecule has 1 heterocycles. The van der Waals surface area contributed by atoms with E-state index in [0.29, 0.717) is 23.6 Å². The summed E-state index contributed by atoms with van der Waals surface area (Å²) in [5.41, 5.74) is 1.38. The molecule has 0 saturated carbocycles. The van der Waals surface area contributed by atoms with Crippen LogP contribution in [0.4, 0.5) is 0 Å². The summed E-state index contributed by atoms with van der Waals surface area (Å²) in [6.07, 6.45) is 3.21. The van der Waals surface area contributed by atoms with Gasteiger partial charge < -0.3 is 4.74 Å². The second kappa shape index (κ2) is 5.74. The summed E-state index contributed by atoms with van der Waals surface area (Å²) >= 11 is 0. The first kappa shape index (κ1) is 12.7. The third-order valence-electron chi connectivity index (χ3n) is 2.42. The van der Waals surface area contributed by atoms with Crippen LogP contribution in [0.2, 0.25) is 0 Å². The highest BCUT2D eigenvalue weighted by Crippen LogP contribution is 2.17. The van der Waals surface area contributed by atoms with Gasteiger partial charge in [-0.1, -0.05) is 6.92 Å². The number of benzene rings is 1. The Morgan fingerprint density at radius 3 is 2.42 bits per heavy atom. The number of carbonyl (C=O) groups is 1. The molecule has 94 valence electrons. The van der Waals surface area contributed by atoms with Crippen molar-refractivity contribution < 1.29 is 9.53 Å². The summed E-state index contributed by atoms with van der Waals surface area (Å²) in [5.74, 6) is 0.514. The Balaban J connectivity index is 2.17. The quantitative estimate of drug-likeness (QED) is 0.784. The molecule has 2 rings (SSSR count). The van der Waals surface area contributed by atoms with Crippen LogP contribution < -0.4 is 4.74 Å². The third-order valence-corrected chi connectivity index (χ3v) is 2.42. The molecule has 0 saturated heterocycles. The van der Waals surface area contributed by atoms with Crippen molar-refractivity contribution >= 4 is 5.97 Å². The number of ether oxygens (including phenoxy) is 1. The molecule has 0 aliphatic heterocycles. The van der Waals surface area contributed by atoms with Gasteiger partial charge in [0.1, 0.15) is 0 Å². The Kier molecular flexibility index (Phi) is 3.84. The molecule has 0 N–H and O–H groups in total. The molecule has 0 spiro atoms. The molecule has 0 aliphatic rings. The maximum atomic E-state index is 11.1. The number of esters is 1. The van der Waals surface area contributed by atoms with Gasteiger partial charge in [0.05, 0.1) is 24.0 Å². The van der Waals surface area contributed by atoms with Crippen LogP contribution in [-0.4, -0.2) is 15.9 Å². The van der Waals surface area contributed by atoms with Crippen molar-refractivity contribution in [2.75, 3.05) is 0 Å². The van der Waals surface area contributed by atoms with E-state index in [4.69, 9.17) is 10.00 Å². The number of rotatable bonds is 3. The molecule has 0 amide bonds. The van der Waals surface area contributed by atoms with Crippen LogP contribution in [0.15, 0.2) is 36.7 Å². The lowest BCUT2D eigenvalue weighted by Gasteiger charge is -2.03. The van der Waals surface area contributed by atoms with Gasteiger partial charge in [0.25, 0.3) is 0 Å². The SMILES string of the molecule is CCC(=O)Oc1cnc(-c2ccc(C#N)cc2)nc1. The predicted octanol–water partition coefficient (Wildman–Crippen LogP) is 2.33. The van der Waals surface area contributed by atoms with Crippen LogP contribution in [0.1, 0.15) is 18.9 Å². The Labute approximate surface area is 110 Å². The molecular formula is C14H11N3O2. The van der Waals surface area contributed by atoms with E-state index in [2.05, 4.69) is 9.97 Å². The molecule has 5 nitrogen and oxygen atoms in total. The Bertz CT molecular complexity index is 613. The van der Waals surface area contributed by atoms with E-state index >= 15 is 0 Å². The number of nitrogens with zero attached hydrogens (tertiary/aromatic N) is 3. The van der Waals surface area contributed by atoms with E-state index < -0.39 is 0 Å². The molecule has 5 heteroatoms. The van der Waals surface area contributed by atoms with E-state index in [-0.39, 0.29) is 5.97 Å². The molecule has 0 aliphatic carbocycles. The van der Waals surface area contributed by atoms with E-state index in [1.807, 2.05) is 6.07 Å². The van der Waals surface area contributed by atoms with E-state index in [1.165, 1.54) is 12.4 Å². The van der Waals surface area contributed by atoms with Gasteiger partial charge in [-0.25, -0.2) is 9.97 Å². The predicted molar refractivity (Wildman–Crippen MR) is 68.1 cm³/mol. The Hall–Kier alpha value is -2.74. The average molecular weight is 253 g/mol. The highest BCUT2D eigenvalue weighted by molar-refractivity contribution is 5.71. The van der Waals surface area contributed by atoms with E-state index in [1.54, 1.807) is 31.2 Å². The number of nitriles is 1. The summed E-state index contributed by atoms with van der Waals surface area (Å²) < 4.78 is 4.98. The zero-order valence-corrected chi connectivity index (χ0v) is 10.3. The average Bonchev–Trinajstić information content (AvgIpc) is 2.48. The minimum Gasteiger partial charge on any atom is -0.423 e. The Morgan fingerprint density at radius 1 is 1.26 bits per heavy atom. The van der Waals surface area contributed by atoms with Gasteiger partial charge >= 0.3 is 5.97 Å². The van der Waals surface area contributed by atoms with Crippen LogP contribution >= 0.6 is 0 Å². The van der Waals surface area contributed by atoms with E-state index in [9.17, 15) is 4.79 Å². The topological polar surface area (TPSA) is 75.9 Å². The van der Waals surface area contributed by atoms with Crippen molar-refractivity contribution in [2.45, 2.75) is 13.3 Å². The van der Waals surface area contributed by atoms with Crippen molar-refractivity contribution in [3.05, 3.63) is 42.2 Å². The molecule has 0 radical (unpaired) electrons. The lowest BCUT2D eigenvalue weighted by atomic mass is 10.1. The van der Waals surface area contributed by atoms with Crippen LogP contribution in [0.3, 0.4) is 0 Å². The molecular weight excluding hydrogens is 242 g/mol. The van der Waals surface area contributed by atoms with Gasteiger partial charge in [0.15, 0.2) is 11.6 Å². The lowest BCUT2D eigenvalue weighted by molar-refractivity contribution is -0.134. The van der Waals surface area contributed by atoms with Crippen molar-refractivity contribution in [1.29, 1.82) is 5.26 Å². The Morgan fingerprint density at radius 2 is 1.89 bits per heavy atom. The molecule has 0 fully saturated rings. The smallest absolute Gasteiger partial charge is 0.311 e. The summed E-state index contributed by atoms with van der Waals surface area (Å²) in [6.45, 7) is 1.72. The van der Waals surface area contributed by atoms with Gasteiger partial charge in [0.2, 0.25) is 0 Å². The summed E-state index contributed by atoms with van der Waals surface area (Å²) in [7, 11) is 0. The second-order valence-electron chi connectivity index (χ2n) is 3.76. The lowest BCUT2D eigenvalue weighted by Crippen LogP contribution is -2.06. The molecule has 19 heavy (non-hydrogen) atoms. The largest absolute Gasteiger partial charge is 0.423 e. The van der Waals surface area contributed by atoms with Crippen LogP contribution in [-0.2, 0) is 4.79 Å². The van der Waals surface area contributed by atoms with Crippen molar-refractivity contribution in [2.24, 2.45) is 0 Å². The first-order chi connectivity index (χ1) is 9.22. The number of carbonyl (C=O) groups excluding carboxylic acids is 1. The number of hydrogen-bond donors (Lipinski definition) is 0. The maximum absolute atomic E-state index is 11.1. The molecule has 1 aromatic carbocycles. The monoisotopic (exact) mass is 253 g/mol. The molecule has 0 unspecified atom stereocenters. The molecule has 1 aromatic heterocycles. The summed E-state index contributed by atoms with van der Waals surface area (Å²) in [6, 6.07) is 8.98. The normalized spacial score (nSPS) is 9.68. The van der Waals surface area contributed by atoms with Crippen molar-refractivity contribution in [3.63, 3.8) is 0 Å². The van der Waals surface area contributed by atoms with Gasteiger partial charge in [-0.05, 0) is 24.3 Å². The third kappa shape index (κ3) is 3.13. The minimum atomic E-state index is -0.324. The van der Waals surface area contributed by atoms with Crippen molar-refractivity contribution in [1.82, 2.24) is 9.97 Å². The van der Waals surface area contributed by atoms with Crippen LogP contribution in [0.5, 0.6) is 5.75 Å². The molecule has 0 bridgehead atoms. The molecule has 2 aromatic rings. The fourth-order valence-corrected chi connectivity index (χ4v) is 1.42. The van der Waals surface area contributed by atoms with E-state index in [0.717, 1.165) is 5.56 Å². The fraction of sp³-hybridized carbons (Fsp3) is 0.143. The van der Waals surface area contributed by atoms with Gasteiger partial charge in [-0.3, -0.25) is 4.79 Å². The standard InChI is InChI=1S/C14H11N3O2/c1-2-13(18)19-12-8-16-14(17-9-12)11-5-3-10(7-15)4-6-11/h3-6,8-9H,2H2,1H3. The van der Waals surface area contributed by atoms with Gasteiger partial charge in [-0.2, -0.15) is 5.26 Å². The highest BCUT2D eigenvalue weighted by atomic mass is 16.5. The first-order valence-electron chi connectivity index (χ1n) is 5.76. The van der Waals surface area contributed by atoms with Crippen molar-refractivity contribution in [3.8, 4) is 23.2 Å². The van der Waals surface area contributed by atoms with Crippen LogP contribution in [0.25, 0.3) is 11.4 Å². The van der Waals surface area contributed by atoms with Crippen LogP contribution in [0, 0.1) is 11.3 Å².